The van der Waals surface area contributed by atoms with Crippen molar-refractivity contribution in [3.8, 4) is 0 Å². The van der Waals surface area contributed by atoms with Crippen molar-refractivity contribution in [2.24, 2.45) is 0 Å². The van der Waals surface area contributed by atoms with Gasteiger partial charge in [-0.2, -0.15) is 5.10 Å². The van der Waals surface area contributed by atoms with Crippen LogP contribution < -0.4 is 5.32 Å². The van der Waals surface area contributed by atoms with Crippen molar-refractivity contribution in [3.63, 3.8) is 0 Å². The van der Waals surface area contributed by atoms with Gasteiger partial charge in [0.1, 0.15) is 12.1 Å². The van der Waals surface area contributed by atoms with E-state index in [0.29, 0.717) is 0 Å². The number of carbonyl (C=O) groups is 2. The fraction of sp³-hybridized carbons (Fsp3) is 0.0909. The van der Waals surface area contributed by atoms with Crippen LogP contribution in [0.4, 0.5) is 10.1 Å². The lowest BCUT2D eigenvalue weighted by Gasteiger charge is -2.06. The molecule has 1 aromatic carbocycles. The first-order chi connectivity index (χ1) is 9.11. The van der Waals surface area contributed by atoms with Gasteiger partial charge in [0.15, 0.2) is 0 Å². The van der Waals surface area contributed by atoms with Crippen LogP contribution in [0.5, 0.6) is 0 Å². The molecule has 0 unspecified atom stereocenters. The summed E-state index contributed by atoms with van der Waals surface area (Å²) in [4.78, 5) is 26.6. The molecule has 1 amide bonds. The molecule has 2 rings (SSSR count). The Kier molecular flexibility index (Phi) is 3.51. The third-order valence-corrected chi connectivity index (χ3v) is 2.26. The number of ether oxygens (including phenoxy) is 1. The molecule has 0 spiro atoms. The quantitative estimate of drug-likeness (QED) is 0.805. The summed E-state index contributed by atoms with van der Waals surface area (Å²) in [6, 6.07) is 3.55. The molecule has 2 N–H and O–H groups in total. The van der Waals surface area contributed by atoms with E-state index in [4.69, 9.17) is 0 Å². The fourth-order valence-electron chi connectivity index (χ4n) is 1.37. The average Bonchev–Trinajstić information content (AvgIpc) is 2.94. The first kappa shape index (κ1) is 12.7. The van der Waals surface area contributed by atoms with E-state index < -0.39 is 17.7 Å². The molecule has 98 valence electrons. The van der Waals surface area contributed by atoms with E-state index in [-0.39, 0.29) is 17.1 Å². The third-order valence-electron chi connectivity index (χ3n) is 2.26. The summed E-state index contributed by atoms with van der Waals surface area (Å²) in [5.74, 6) is -2.11. The second kappa shape index (κ2) is 5.25. The molecule has 0 aliphatic rings. The van der Waals surface area contributed by atoms with Gasteiger partial charge in [-0.15, -0.1) is 0 Å². The van der Waals surface area contributed by atoms with Crippen molar-refractivity contribution in [2.75, 3.05) is 12.4 Å². The smallest absolute Gasteiger partial charge is 0.340 e. The van der Waals surface area contributed by atoms with Gasteiger partial charge in [0.25, 0.3) is 5.91 Å². The first-order valence-corrected chi connectivity index (χ1v) is 5.16. The zero-order valence-corrected chi connectivity index (χ0v) is 9.81. The van der Waals surface area contributed by atoms with Crippen LogP contribution in [0.3, 0.4) is 0 Å². The van der Waals surface area contributed by atoms with Crippen LogP contribution in [0, 0.1) is 5.82 Å². The van der Waals surface area contributed by atoms with Crippen molar-refractivity contribution < 1.29 is 18.7 Å². The fourth-order valence-corrected chi connectivity index (χ4v) is 1.37. The molecule has 0 saturated carbocycles. The number of anilines is 1. The van der Waals surface area contributed by atoms with Crippen LogP contribution >= 0.6 is 0 Å². The zero-order chi connectivity index (χ0) is 13.8. The number of esters is 1. The number of carbonyl (C=O) groups excluding carboxylic acids is 2. The van der Waals surface area contributed by atoms with Crippen molar-refractivity contribution in [3.05, 3.63) is 41.7 Å². The first-order valence-electron chi connectivity index (χ1n) is 5.16. The van der Waals surface area contributed by atoms with Crippen LogP contribution in [-0.2, 0) is 4.74 Å². The minimum atomic E-state index is -0.826. The number of rotatable bonds is 3. The molecule has 19 heavy (non-hydrogen) atoms. The Morgan fingerprint density at radius 1 is 1.42 bits per heavy atom. The second-order valence-corrected chi connectivity index (χ2v) is 3.47. The normalized spacial score (nSPS) is 10.0. The Morgan fingerprint density at radius 3 is 2.84 bits per heavy atom. The molecule has 7 nitrogen and oxygen atoms in total. The van der Waals surface area contributed by atoms with Gasteiger partial charge in [-0.3, -0.25) is 9.89 Å². The maximum atomic E-state index is 13.4. The Hall–Kier alpha value is -2.77. The largest absolute Gasteiger partial charge is 0.465 e. The average molecular weight is 264 g/mol. The molecular weight excluding hydrogens is 255 g/mol. The number of aromatic nitrogens is 3. The summed E-state index contributed by atoms with van der Waals surface area (Å²) in [6.45, 7) is 0. The molecule has 8 heteroatoms. The Morgan fingerprint density at radius 2 is 2.21 bits per heavy atom. The standard InChI is InChI=1S/C11H9FN4O3/c1-19-11(18)7-4-6(2-3-8(7)12)15-10(17)9-13-5-14-16-9/h2-5H,1H3,(H,15,17)(H,13,14,16). The number of halogens is 1. The Bertz CT molecular complexity index is 612. The number of H-pyrrole nitrogens is 1. The topological polar surface area (TPSA) is 97.0 Å². The van der Waals surface area contributed by atoms with Gasteiger partial charge < -0.3 is 10.1 Å². The van der Waals surface area contributed by atoms with E-state index in [9.17, 15) is 14.0 Å². The highest BCUT2D eigenvalue weighted by Gasteiger charge is 2.15. The highest BCUT2D eigenvalue weighted by molar-refractivity contribution is 6.02. The van der Waals surface area contributed by atoms with Crippen LogP contribution in [0.1, 0.15) is 21.0 Å². The monoisotopic (exact) mass is 264 g/mol. The lowest BCUT2D eigenvalue weighted by atomic mass is 10.2. The second-order valence-electron chi connectivity index (χ2n) is 3.47. The molecule has 1 aromatic heterocycles. The van der Waals surface area contributed by atoms with Crippen LogP contribution in [0.2, 0.25) is 0 Å². The summed E-state index contributed by atoms with van der Waals surface area (Å²) in [5, 5.41) is 8.35. The van der Waals surface area contributed by atoms with E-state index in [1.165, 1.54) is 18.5 Å². The third kappa shape index (κ3) is 2.73. The number of amides is 1. The minimum absolute atomic E-state index is 0.00365. The maximum Gasteiger partial charge on any atom is 0.340 e. The predicted molar refractivity (Wildman–Crippen MR) is 62.1 cm³/mol. The summed E-state index contributed by atoms with van der Waals surface area (Å²) in [7, 11) is 1.14. The van der Waals surface area contributed by atoms with Gasteiger partial charge in [0.2, 0.25) is 5.82 Å². The van der Waals surface area contributed by atoms with Gasteiger partial charge in [-0.1, -0.05) is 0 Å². The van der Waals surface area contributed by atoms with Crippen LogP contribution in [-0.4, -0.2) is 34.2 Å². The van der Waals surface area contributed by atoms with E-state index in [0.717, 1.165) is 13.2 Å². The number of aromatic amines is 1. The van der Waals surface area contributed by atoms with Crippen LogP contribution in [0.15, 0.2) is 24.5 Å². The molecule has 0 saturated heterocycles. The number of methoxy groups -OCH3 is 1. The Balaban J connectivity index is 2.22. The molecule has 0 radical (unpaired) electrons. The van der Waals surface area contributed by atoms with Gasteiger partial charge in [-0.05, 0) is 18.2 Å². The van der Waals surface area contributed by atoms with Crippen molar-refractivity contribution in [2.45, 2.75) is 0 Å². The summed E-state index contributed by atoms with van der Waals surface area (Å²) in [6.07, 6.45) is 1.18. The maximum absolute atomic E-state index is 13.4. The number of nitrogens with zero attached hydrogens (tertiary/aromatic N) is 2. The van der Waals surface area contributed by atoms with Crippen molar-refractivity contribution in [1.29, 1.82) is 0 Å². The van der Waals surface area contributed by atoms with Gasteiger partial charge in [0, 0.05) is 5.69 Å². The number of hydrogen-bond donors (Lipinski definition) is 2. The summed E-state index contributed by atoms with van der Waals surface area (Å²) in [5.41, 5.74) is -0.0268. The van der Waals surface area contributed by atoms with Crippen molar-refractivity contribution >= 4 is 17.6 Å². The number of hydrogen-bond acceptors (Lipinski definition) is 5. The number of benzene rings is 1. The molecule has 2 aromatic rings. The predicted octanol–water partition coefficient (Wildman–Crippen LogP) is 0.983. The lowest BCUT2D eigenvalue weighted by Crippen LogP contribution is -2.14. The minimum Gasteiger partial charge on any atom is -0.465 e. The highest BCUT2D eigenvalue weighted by Crippen LogP contribution is 2.16. The van der Waals surface area contributed by atoms with Crippen LogP contribution in [0.25, 0.3) is 0 Å². The van der Waals surface area contributed by atoms with E-state index in [1.807, 2.05) is 0 Å². The number of nitrogens with one attached hydrogen (secondary N) is 2. The molecule has 0 bridgehead atoms. The van der Waals surface area contributed by atoms with E-state index >= 15 is 0 Å². The Labute approximate surface area is 106 Å². The molecule has 0 aliphatic carbocycles. The molecule has 0 fully saturated rings. The SMILES string of the molecule is COC(=O)c1cc(NC(=O)c2ncn[nH]2)ccc1F. The van der Waals surface area contributed by atoms with E-state index in [2.05, 4.69) is 25.2 Å². The summed E-state index contributed by atoms with van der Waals surface area (Å²) >= 11 is 0. The lowest BCUT2D eigenvalue weighted by molar-refractivity contribution is 0.0595. The van der Waals surface area contributed by atoms with Gasteiger partial charge >= 0.3 is 5.97 Å². The molecule has 0 aliphatic heterocycles. The van der Waals surface area contributed by atoms with Gasteiger partial charge in [0.05, 0.1) is 12.7 Å². The van der Waals surface area contributed by atoms with Gasteiger partial charge in [-0.25, -0.2) is 14.2 Å². The molecular formula is C11H9FN4O3. The highest BCUT2D eigenvalue weighted by atomic mass is 19.1. The molecule has 1 heterocycles. The molecule has 0 atom stereocenters. The van der Waals surface area contributed by atoms with Crippen molar-refractivity contribution in [1.82, 2.24) is 15.2 Å². The zero-order valence-electron chi connectivity index (χ0n) is 9.81. The summed E-state index contributed by atoms with van der Waals surface area (Å²) < 4.78 is 17.8. The van der Waals surface area contributed by atoms with E-state index in [1.54, 1.807) is 0 Å².